The fraction of sp³-hybridized carbons (Fsp3) is 0.514. The summed E-state index contributed by atoms with van der Waals surface area (Å²) in [4.78, 5) is 12.3. The molecule has 2 aliphatic carbocycles. The van der Waals surface area contributed by atoms with Crippen LogP contribution >= 0.6 is 11.6 Å². The van der Waals surface area contributed by atoms with E-state index in [0.717, 1.165) is 76.8 Å². The van der Waals surface area contributed by atoms with Crippen LogP contribution in [0.1, 0.15) is 74.5 Å². The molecule has 5 rings (SSSR count). The molecule has 3 aromatic rings. The van der Waals surface area contributed by atoms with E-state index in [4.69, 9.17) is 26.2 Å². The lowest BCUT2D eigenvalue weighted by Gasteiger charge is -2.28. The maximum Gasteiger partial charge on any atom is 0.315 e. The number of hydrogen-bond donors (Lipinski definition) is 7. The van der Waals surface area contributed by atoms with Crippen LogP contribution < -0.4 is 20.1 Å². The molecule has 0 spiro atoms. The lowest BCUT2D eigenvalue weighted by molar-refractivity contribution is -0.606. The molecule has 2 saturated carbocycles. The third-order valence-corrected chi connectivity index (χ3v) is 9.78. The number of pyridine rings is 1. The number of nitrogens with one attached hydrogen (secondary N) is 2. The van der Waals surface area contributed by atoms with Crippen molar-refractivity contribution >= 4 is 17.6 Å². The van der Waals surface area contributed by atoms with Crippen LogP contribution in [-0.4, -0.2) is 81.8 Å². The molecule has 0 unspecified atom stereocenters. The summed E-state index contributed by atoms with van der Waals surface area (Å²) < 4.78 is 13.6. The second-order valence-corrected chi connectivity index (χ2v) is 13.7. The van der Waals surface area contributed by atoms with E-state index in [1.54, 1.807) is 6.20 Å². The molecule has 0 bridgehead atoms. The summed E-state index contributed by atoms with van der Waals surface area (Å²) in [5.74, 6) is 0.949. The monoisotopic (exact) mass is 712 g/mol. The normalized spacial score (nSPS) is 18.1. The number of hydrogen-bond acceptors (Lipinski definition) is 9. The fourth-order valence-electron chi connectivity index (χ4n) is 5.98. The third-order valence-electron chi connectivity index (χ3n) is 9.41. The van der Waals surface area contributed by atoms with Crippen LogP contribution in [0, 0.1) is 11.3 Å². The van der Waals surface area contributed by atoms with Gasteiger partial charge in [0, 0.05) is 23.4 Å². The number of ether oxygens (including phenoxy) is 2. The van der Waals surface area contributed by atoms with Gasteiger partial charge in [-0.3, -0.25) is 0 Å². The van der Waals surface area contributed by atoms with E-state index in [0.29, 0.717) is 18.0 Å². The second-order valence-electron chi connectivity index (χ2n) is 13.3. The number of halogens is 1. The van der Waals surface area contributed by atoms with Gasteiger partial charge >= 0.3 is 6.03 Å². The number of urea groups is 1. The topological polar surface area (TPSA) is 188 Å². The molecule has 272 valence electrons. The van der Waals surface area contributed by atoms with E-state index < -0.39 is 49.2 Å². The Kier molecular flexibility index (Phi) is 12.9. The first-order chi connectivity index (χ1) is 24.0. The highest BCUT2D eigenvalue weighted by Gasteiger charge is 2.49. The van der Waals surface area contributed by atoms with Gasteiger partial charge < -0.3 is 50.8 Å². The molecule has 2 aliphatic rings. The zero-order chi connectivity index (χ0) is 35.8. The van der Waals surface area contributed by atoms with E-state index in [1.807, 2.05) is 36.4 Å². The summed E-state index contributed by atoms with van der Waals surface area (Å²) in [5, 5.41) is 66.1. The van der Waals surface area contributed by atoms with Crippen molar-refractivity contribution in [3.05, 3.63) is 87.8 Å². The number of carbonyl (C=O) groups excluding carboxylic acids is 1. The van der Waals surface area contributed by atoms with Gasteiger partial charge in [-0.1, -0.05) is 42.6 Å². The van der Waals surface area contributed by atoms with Crippen molar-refractivity contribution in [2.45, 2.75) is 100 Å². The van der Waals surface area contributed by atoms with Crippen molar-refractivity contribution in [2.24, 2.45) is 0 Å². The quantitative estimate of drug-likeness (QED) is 0.0424. The van der Waals surface area contributed by atoms with Gasteiger partial charge in [-0.2, -0.15) is 22.9 Å². The molecular formula is C37H47ClN3O9-. The number of aliphatic hydroxyl groups is 5. The molecule has 0 aliphatic heterocycles. The minimum absolute atomic E-state index is 0.197. The Labute approximate surface area is 297 Å². The molecule has 2 aromatic carbocycles. The van der Waals surface area contributed by atoms with Crippen LogP contribution in [0.5, 0.6) is 5.75 Å². The summed E-state index contributed by atoms with van der Waals surface area (Å²) >= 11 is 6.64. The predicted octanol–water partition coefficient (Wildman–Crippen LogP) is 3.20. The SMILES string of the molecule is C[C@@H](CCCCNC(=O)N[C@@H](CO)[C@@H](O)[C@H](O)[C@H](O)CO)c1ccc(Cl)c(COC2(c3c[n+]([O-])ccc3-c3cc[c-]cc3OC3CC3)CC2)c1. The average molecular weight is 713 g/mol. The van der Waals surface area contributed by atoms with Crippen molar-refractivity contribution < 1.29 is 44.5 Å². The first-order valence-corrected chi connectivity index (χ1v) is 17.6. The minimum Gasteiger partial charge on any atom is -0.619 e. The molecule has 1 aromatic heterocycles. The average Bonchev–Trinajstić information content (AvgIpc) is 4.07. The molecule has 0 radical (unpaired) electrons. The maximum absolute atomic E-state index is 12.5. The Balaban J connectivity index is 1.14. The lowest BCUT2D eigenvalue weighted by atomic mass is 9.94. The summed E-state index contributed by atoms with van der Waals surface area (Å²) in [6.07, 6.45) is 4.23. The number of aliphatic hydroxyl groups excluding tert-OH is 5. The van der Waals surface area contributed by atoms with Gasteiger partial charge in [-0.15, -0.1) is 6.07 Å². The Hall–Kier alpha value is -3.49. The Morgan fingerprint density at radius 2 is 1.88 bits per heavy atom. The zero-order valence-corrected chi connectivity index (χ0v) is 28.9. The highest BCUT2D eigenvalue weighted by Crippen LogP contribution is 2.53. The molecular weight excluding hydrogens is 666 g/mol. The van der Waals surface area contributed by atoms with Gasteiger partial charge in [0.2, 0.25) is 0 Å². The molecule has 7 N–H and O–H groups in total. The highest BCUT2D eigenvalue weighted by atomic mass is 35.5. The van der Waals surface area contributed by atoms with E-state index in [2.05, 4.69) is 29.7 Å². The molecule has 1 heterocycles. The summed E-state index contributed by atoms with van der Waals surface area (Å²) in [7, 11) is 0. The van der Waals surface area contributed by atoms with Gasteiger partial charge in [0.05, 0.1) is 37.5 Å². The molecule has 50 heavy (non-hydrogen) atoms. The van der Waals surface area contributed by atoms with Crippen LogP contribution in [0.25, 0.3) is 11.1 Å². The van der Waals surface area contributed by atoms with Crippen LogP contribution in [0.2, 0.25) is 5.02 Å². The largest absolute Gasteiger partial charge is 0.619 e. The van der Waals surface area contributed by atoms with Crippen LogP contribution in [-0.2, 0) is 16.9 Å². The summed E-state index contributed by atoms with van der Waals surface area (Å²) in [6.45, 7) is 1.29. The number of carbonyl (C=O) groups is 1. The molecule has 5 atom stereocenters. The highest BCUT2D eigenvalue weighted by molar-refractivity contribution is 6.31. The minimum atomic E-state index is -1.74. The first kappa shape index (κ1) is 37.8. The Morgan fingerprint density at radius 1 is 1.10 bits per heavy atom. The predicted molar refractivity (Wildman–Crippen MR) is 185 cm³/mol. The molecule has 2 fully saturated rings. The second kappa shape index (κ2) is 17.1. The maximum atomic E-state index is 12.5. The van der Waals surface area contributed by atoms with Crippen molar-refractivity contribution in [1.29, 1.82) is 0 Å². The number of unbranched alkanes of at least 4 members (excludes halogenated alkanes) is 1. The number of benzene rings is 2. The van der Waals surface area contributed by atoms with Crippen LogP contribution in [0.4, 0.5) is 4.79 Å². The number of aromatic nitrogens is 1. The number of amides is 2. The number of nitrogens with zero attached hydrogens (tertiary/aromatic N) is 1. The van der Waals surface area contributed by atoms with Gasteiger partial charge in [0.25, 0.3) is 0 Å². The summed E-state index contributed by atoms with van der Waals surface area (Å²) in [6, 6.07) is 14.7. The van der Waals surface area contributed by atoms with E-state index >= 15 is 0 Å². The van der Waals surface area contributed by atoms with E-state index in [-0.39, 0.29) is 18.6 Å². The smallest absolute Gasteiger partial charge is 0.315 e. The van der Waals surface area contributed by atoms with E-state index in [9.17, 15) is 30.4 Å². The van der Waals surface area contributed by atoms with Crippen LogP contribution in [0.15, 0.2) is 54.9 Å². The van der Waals surface area contributed by atoms with Crippen molar-refractivity contribution in [3.63, 3.8) is 0 Å². The molecule has 0 saturated heterocycles. The fourth-order valence-corrected chi connectivity index (χ4v) is 6.16. The molecule has 12 nitrogen and oxygen atoms in total. The Bertz CT molecular complexity index is 1590. The van der Waals surface area contributed by atoms with E-state index in [1.165, 1.54) is 6.20 Å². The van der Waals surface area contributed by atoms with Crippen molar-refractivity contribution in [3.8, 4) is 16.9 Å². The summed E-state index contributed by atoms with van der Waals surface area (Å²) in [5.41, 5.74) is 3.99. The van der Waals surface area contributed by atoms with Crippen LogP contribution in [0.3, 0.4) is 0 Å². The van der Waals surface area contributed by atoms with Gasteiger partial charge in [-0.05, 0) is 67.2 Å². The molecule has 13 heteroatoms. The van der Waals surface area contributed by atoms with Gasteiger partial charge in [0.15, 0.2) is 12.4 Å². The first-order valence-electron chi connectivity index (χ1n) is 17.2. The van der Waals surface area contributed by atoms with Gasteiger partial charge in [0.1, 0.15) is 23.9 Å². The van der Waals surface area contributed by atoms with Crippen molar-refractivity contribution in [1.82, 2.24) is 10.6 Å². The number of rotatable bonds is 19. The molecule has 2 amide bonds. The lowest BCUT2D eigenvalue weighted by Crippen LogP contribution is -2.56. The Morgan fingerprint density at radius 3 is 2.58 bits per heavy atom. The van der Waals surface area contributed by atoms with Crippen molar-refractivity contribution in [2.75, 3.05) is 19.8 Å². The third kappa shape index (κ3) is 9.64. The van der Waals surface area contributed by atoms with Gasteiger partial charge in [-0.25, -0.2) is 4.79 Å². The standard InChI is InChI=1S/C37H47ClN3O9/c1-23(6-4-5-16-39-36(47)40-31(20-42)34(45)35(46)32(44)21-43)24-9-12-30(38)25(18-24)22-49-37(14-15-37)29-19-41(48)17-13-27(29)28-7-2-3-8-33(28)50-26-10-11-26/h2,7-9,12-13,17-19,23,26,31-32,34-35,42-46H,4-6,10-11,14-16,20-22H2,1H3,(H2,39,40,47)/q-1/t23-,31-,32+,34+,35+/m0/s1. The zero-order valence-electron chi connectivity index (χ0n) is 28.1.